The number of piperidine rings is 1. The molecule has 1 fully saturated rings. The topological polar surface area (TPSA) is 71.8 Å². The average Bonchev–Trinajstić information content (AvgIpc) is 2.93. The number of nitrogens with zero attached hydrogens (tertiary/aromatic N) is 3. The fourth-order valence-corrected chi connectivity index (χ4v) is 2.96. The van der Waals surface area contributed by atoms with Crippen molar-refractivity contribution in [3.8, 4) is 0 Å². The van der Waals surface area contributed by atoms with Gasteiger partial charge in [-0.05, 0) is 67.0 Å². The molecule has 0 radical (unpaired) electrons. The molecule has 0 saturated carbocycles. The summed E-state index contributed by atoms with van der Waals surface area (Å²) in [4.78, 5) is 12.4. The maximum Gasteiger partial charge on any atom is 0.278 e. The van der Waals surface area contributed by atoms with E-state index in [1.165, 1.54) is 6.07 Å². The van der Waals surface area contributed by atoms with Crippen LogP contribution < -0.4 is 10.6 Å². The Morgan fingerprint density at radius 2 is 2.17 bits per heavy atom. The number of nitrogens with one attached hydrogen (secondary N) is 2. The summed E-state index contributed by atoms with van der Waals surface area (Å²) in [6, 6.07) is 4.69. The zero-order chi connectivity index (χ0) is 16.4. The van der Waals surface area contributed by atoms with E-state index in [1.807, 2.05) is 11.6 Å². The smallest absolute Gasteiger partial charge is 0.278 e. The van der Waals surface area contributed by atoms with Gasteiger partial charge in [0.2, 0.25) is 0 Å². The van der Waals surface area contributed by atoms with E-state index in [0.29, 0.717) is 10.2 Å². The second-order valence-corrected chi connectivity index (χ2v) is 6.39. The van der Waals surface area contributed by atoms with Crippen LogP contribution in [0.1, 0.15) is 35.1 Å². The lowest BCUT2D eigenvalue weighted by atomic mass is 10.1. The van der Waals surface area contributed by atoms with Crippen molar-refractivity contribution in [2.75, 3.05) is 18.4 Å². The molecule has 0 spiro atoms. The van der Waals surface area contributed by atoms with Gasteiger partial charge in [-0.1, -0.05) is 5.21 Å². The Labute approximate surface area is 141 Å². The highest BCUT2D eigenvalue weighted by molar-refractivity contribution is 9.10. The van der Waals surface area contributed by atoms with E-state index in [0.717, 1.165) is 31.6 Å². The molecule has 0 aliphatic carbocycles. The van der Waals surface area contributed by atoms with Crippen molar-refractivity contribution >= 4 is 27.5 Å². The van der Waals surface area contributed by atoms with Gasteiger partial charge in [-0.3, -0.25) is 4.79 Å². The molecule has 8 heteroatoms. The van der Waals surface area contributed by atoms with E-state index in [-0.39, 0.29) is 17.6 Å². The van der Waals surface area contributed by atoms with Crippen LogP contribution in [0.15, 0.2) is 22.7 Å². The highest BCUT2D eigenvalue weighted by Crippen LogP contribution is 2.22. The SMILES string of the molecule is Cc1c(C(=O)Nc2ccc(Br)c(F)c2)nnn1C1CCNCC1. The second kappa shape index (κ2) is 6.76. The molecule has 2 N–H and O–H groups in total. The van der Waals surface area contributed by atoms with Gasteiger partial charge in [0.05, 0.1) is 16.2 Å². The molecule has 0 bridgehead atoms. The molecular weight excluding hydrogens is 365 g/mol. The Kier molecular flexibility index (Phi) is 4.72. The summed E-state index contributed by atoms with van der Waals surface area (Å²) >= 11 is 3.08. The monoisotopic (exact) mass is 381 g/mol. The molecule has 23 heavy (non-hydrogen) atoms. The predicted molar refractivity (Wildman–Crippen MR) is 88.0 cm³/mol. The zero-order valence-electron chi connectivity index (χ0n) is 12.6. The number of rotatable bonds is 3. The maximum atomic E-state index is 13.5. The summed E-state index contributed by atoms with van der Waals surface area (Å²) < 4.78 is 15.7. The van der Waals surface area contributed by atoms with E-state index in [2.05, 4.69) is 36.9 Å². The van der Waals surface area contributed by atoms with Gasteiger partial charge in [0.1, 0.15) is 5.82 Å². The van der Waals surface area contributed by atoms with Crippen LogP contribution in [0.25, 0.3) is 0 Å². The average molecular weight is 382 g/mol. The summed E-state index contributed by atoms with van der Waals surface area (Å²) in [5.41, 5.74) is 1.38. The van der Waals surface area contributed by atoms with Crippen LogP contribution in [-0.4, -0.2) is 34.0 Å². The third-order valence-corrected chi connectivity index (χ3v) is 4.62. The van der Waals surface area contributed by atoms with Crippen molar-refractivity contribution in [1.82, 2.24) is 20.3 Å². The molecule has 1 aliphatic heterocycles. The van der Waals surface area contributed by atoms with Gasteiger partial charge in [0, 0.05) is 5.69 Å². The van der Waals surface area contributed by atoms with Crippen molar-refractivity contribution in [3.63, 3.8) is 0 Å². The van der Waals surface area contributed by atoms with Crippen molar-refractivity contribution in [2.24, 2.45) is 0 Å². The van der Waals surface area contributed by atoms with E-state index in [1.54, 1.807) is 12.1 Å². The molecule has 0 atom stereocenters. The molecule has 2 heterocycles. The first kappa shape index (κ1) is 16.1. The summed E-state index contributed by atoms with van der Waals surface area (Å²) in [7, 11) is 0. The van der Waals surface area contributed by atoms with E-state index in [9.17, 15) is 9.18 Å². The standard InChI is InChI=1S/C15H17BrFN5O/c1-9-14(20-21-22(9)11-4-6-18-7-5-11)15(23)19-10-2-3-12(16)13(17)8-10/h2-3,8,11,18H,4-7H2,1H3,(H,19,23). The van der Waals surface area contributed by atoms with Gasteiger partial charge in [-0.15, -0.1) is 5.10 Å². The van der Waals surface area contributed by atoms with Crippen molar-refractivity contribution in [1.29, 1.82) is 0 Å². The van der Waals surface area contributed by atoms with Crippen LogP contribution >= 0.6 is 15.9 Å². The van der Waals surface area contributed by atoms with Gasteiger partial charge >= 0.3 is 0 Å². The largest absolute Gasteiger partial charge is 0.320 e. The molecular formula is C15H17BrFN5O. The van der Waals surface area contributed by atoms with E-state index >= 15 is 0 Å². The summed E-state index contributed by atoms with van der Waals surface area (Å²) in [5.74, 6) is -0.817. The normalized spacial score (nSPS) is 15.6. The summed E-state index contributed by atoms with van der Waals surface area (Å²) in [5, 5.41) is 14.1. The van der Waals surface area contributed by atoms with Crippen molar-refractivity contribution in [3.05, 3.63) is 39.9 Å². The summed E-state index contributed by atoms with van der Waals surface area (Å²) in [6.07, 6.45) is 1.92. The molecule has 122 valence electrons. The fourth-order valence-electron chi connectivity index (χ4n) is 2.71. The Morgan fingerprint density at radius 1 is 1.43 bits per heavy atom. The Hall–Kier alpha value is -1.80. The third kappa shape index (κ3) is 3.42. The Balaban J connectivity index is 1.77. The lowest BCUT2D eigenvalue weighted by molar-refractivity contribution is 0.102. The lowest BCUT2D eigenvalue weighted by Gasteiger charge is -2.23. The van der Waals surface area contributed by atoms with E-state index in [4.69, 9.17) is 0 Å². The fraction of sp³-hybridized carbons (Fsp3) is 0.400. The minimum Gasteiger partial charge on any atom is -0.320 e. The molecule has 1 aromatic heterocycles. The number of aromatic nitrogens is 3. The summed E-state index contributed by atoms with van der Waals surface area (Å²) in [6.45, 7) is 3.70. The second-order valence-electron chi connectivity index (χ2n) is 5.53. The minimum absolute atomic E-state index is 0.260. The predicted octanol–water partition coefficient (Wildman–Crippen LogP) is 2.66. The molecule has 3 rings (SSSR count). The van der Waals surface area contributed by atoms with Crippen LogP contribution in [0.2, 0.25) is 0 Å². The van der Waals surface area contributed by atoms with Crippen LogP contribution in [0.3, 0.4) is 0 Å². The van der Waals surface area contributed by atoms with Crippen molar-refractivity contribution in [2.45, 2.75) is 25.8 Å². The third-order valence-electron chi connectivity index (χ3n) is 3.97. The van der Waals surface area contributed by atoms with Crippen LogP contribution in [0.5, 0.6) is 0 Å². The Bertz CT molecular complexity index is 727. The number of anilines is 1. The molecule has 2 aromatic rings. The molecule has 1 amide bonds. The number of carbonyl (C=O) groups is 1. The molecule has 0 unspecified atom stereocenters. The number of amides is 1. The lowest BCUT2D eigenvalue weighted by Crippen LogP contribution is -2.30. The highest BCUT2D eigenvalue weighted by Gasteiger charge is 2.23. The van der Waals surface area contributed by atoms with Gasteiger partial charge in [-0.25, -0.2) is 9.07 Å². The van der Waals surface area contributed by atoms with Crippen LogP contribution in [-0.2, 0) is 0 Å². The minimum atomic E-state index is -0.433. The zero-order valence-corrected chi connectivity index (χ0v) is 14.2. The quantitative estimate of drug-likeness (QED) is 0.856. The van der Waals surface area contributed by atoms with Gasteiger partial charge < -0.3 is 10.6 Å². The number of halogens is 2. The highest BCUT2D eigenvalue weighted by atomic mass is 79.9. The number of hydrogen-bond acceptors (Lipinski definition) is 4. The van der Waals surface area contributed by atoms with Gasteiger partial charge in [-0.2, -0.15) is 0 Å². The van der Waals surface area contributed by atoms with Crippen LogP contribution in [0, 0.1) is 12.7 Å². The number of benzene rings is 1. The first-order chi connectivity index (χ1) is 11.1. The van der Waals surface area contributed by atoms with Gasteiger partial charge in [0.15, 0.2) is 5.69 Å². The van der Waals surface area contributed by atoms with Crippen LogP contribution in [0.4, 0.5) is 10.1 Å². The molecule has 6 nitrogen and oxygen atoms in total. The molecule has 1 aromatic carbocycles. The molecule has 1 aliphatic rings. The van der Waals surface area contributed by atoms with Gasteiger partial charge in [0.25, 0.3) is 5.91 Å². The number of carbonyl (C=O) groups excluding carboxylic acids is 1. The van der Waals surface area contributed by atoms with E-state index < -0.39 is 5.82 Å². The molecule has 1 saturated heterocycles. The Morgan fingerprint density at radius 3 is 2.87 bits per heavy atom. The first-order valence-corrected chi connectivity index (χ1v) is 8.24. The first-order valence-electron chi connectivity index (χ1n) is 7.45. The van der Waals surface area contributed by atoms with Crippen molar-refractivity contribution < 1.29 is 9.18 Å². The maximum absolute atomic E-state index is 13.5. The number of hydrogen-bond donors (Lipinski definition) is 2.